The topological polar surface area (TPSA) is 63.3 Å². The number of carbonyl (C=O) groups excluding carboxylic acids is 1. The van der Waals surface area contributed by atoms with Crippen molar-refractivity contribution in [1.29, 1.82) is 0 Å². The van der Waals surface area contributed by atoms with E-state index in [0.717, 1.165) is 0 Å². The normalized spacial score (nSPS) is 9.83. The standard InChI is InChI=1S/C8H8ClNO2/c1-4(11)7-6(12)3-2-5(9)8(7)10/h2-3,12H,10H2,1H3. The van der Waals surface area contributed by atoms with Gasteiger partial charge in [0.2, 0.25) is 0 Å². The van der Waals surface area contributed by atoms with Crippen molar-refractivity contribution in [2.75, 3.05) is 5.73 Å². The zero-order valence-corrected chi connectivity index (χ0v) is 7.22. The van der Waals surface area contributed by atoms with Gasteiger partial charge in [-0.2, -0.15) is 0 Å². The zero-order chi connectivity index (χ0) is 9.30. The molecule has 0 spiro atoms. The summed E-state index contributed by atoms with van der Waals surface area (Å²) in [5.74, 6) is -0.433. The number of hydrogen-bond donors (Lipinski definition) is 2. The molecule has 3 nitrogen and oxygen atoms in total. The molecule has 0 aliphatic heterocycles. The van der Waals surface area contributed by atoms with Crippen LogP contribution >= 0.6 is 11.6 Å². The highest BCUT2D eigenvalue weighted by Crippen LogP contribution is 2.30. The zero-order valence-electron chi connectivity index (χ0n) is 6.47. The number of benzene rings is 1. The van der Waals surface area contributed by atoms with Gasteiger partial charge in [0, 0.05) is 0 Å². The first-order valence-corrected chi connectivity index (χ1v) is 3.69. The molecule has 0 aromatic heterocycles. The molecule has 1 aromatic carbocycles. The van der Waals surface area contributed by atoms with E-state index >= 15 is 0 Å². The van der Waals surface area contributed by atoms with E-state index in [1.54, 1.807) is 0 Å². The Morgan fingerprint density at radius 2 is 2.17 bits per heavy atom. The van der Waals surface area contributed by atoms with E-state index in [-0.39, 0.29) is 27.8 Å². The Morgan fingerprint density at radius 3 is 2.58 bits per heavy atom. The molecule has 1 rings (SSSR count). The Labute approximate surface area is 74.8 Å². The second-order valence-electron chi connectivity index (χ2n) is 2.41. The van der Waals surface area contributed by atoms with Crippen molar-refractivity contribution in [2.45, 2.75) is 6.92 Å². The van der Waals surface area contributed by atoms with Gasteiger partial charge in [-0.1, -0.05) is 11.6 Å². The Balaban J connectivity index is 3.43. The largest absolute Gasteiger partial charge is 0.507 e. The summed E-state index contributed by atoms with van der Waals surface area (Å²) in [6, 6.07) is 2.79. The number of anilines is 1. The molecular formula is C8H8ClNO2. The number of nitrogen functional groups attached to an aromatic ring is 1. The van der Waals surface area contributed by atoms with Crippen LogP contribution in [0.15, 0.2) is 12.1 Å². The molecule has 64 valence electrons. The number of carbonyl (C=O) groups is 1. The van der Waals surface area contributed by atoms with Crippen LogP contribution in [-0.2, 0) is 0 Å². The van der Waals surface area contributed by atoms with Crippen LogP contribution in [0.5, 0.6) is 5.75 Å². The summed E-state index contributed by atoms with van der Waals surface area (Å²) in [4.78, 5) is 10.9. The Kier molecular flexibility index (Phi) is 2.24. The predicted octanol–water partition coefficient (Wildman–Crippen LogP) is 1.83. The second kappa shape index (κ2) is 3.03. The number of nitrogens with two attached hydrogens (primary N) is 1. The molecule has 4 heteroatoms. The van der Waals surface area contributed by atoms with Crippen LogP contribution in [0, 0.1) is 0 Å². The fourth-order valence-electron chi connectivity index (χ4n) is 0.953. The third-order valence-electron chi connectivity index (χ3n) is 1.52. The van der Waals surface area contributed by atoms with Gasteiger partial charge in [0.25, 0.3) is 0 Å². The summed E-state index contributed by atoms with van der Waals surface area (Å²) in [6.45, 7) is 1.32. The third-order valence-corrected chi connectivity index (χ3v) is 1.85. The first kappa shape index (κ1) is 8.87. The van der Waals surface area contributed by atoms with Crippen LogP contribution < -0.4 is 5.73 Å². The highest BCUT2D eigenvalue weighted by molar-refractivity contribution is 6.34. The molecular weight excluding hydrogens is 178 g/mol. The van der Waals surface area contributed by atoms with Gasteiger partial charge in [-0.15, -0.1) is 0 Å². The second-order valence-corrected chi connectivity index (χ2v) is 2.82. The van der Waals surface area contributed by atoms with Crippen LogP contribution in [-0.4, -0.2) is 10.9 Å². The van der Waals surface area contributed by atoms with Crippen molar-refractivity contribution in [2.24, 2.45) is 0 Å². The van der Waals surface area contributed by atoms with Crippen molar-refractivity contribution < 1.29 is 9.90 Å². The van der Waals surface area contributed by atoms with Crippen molar-refractivity contribution in [3.8, 4) is 5.75 Å². The van der Waals surface area contributed by atoms with Crippen molar-refractivity contribution in [3.63, 3.8) is 0 Å². The van der Waals surface area contributed by atoms with E-state index in [2.05, 4.69) is 0 Å². The van der Waals surface area contributed by atoms with Gasteiger partial charge in [-0.25, -0.2) is 0 Å². The highest BCUT2D eigenvalue weighted by atomic mass is 35.5. The predicted molar refractivity (Wildman–Crippen MR) is 47.5 cm³/mol. The average Bonchev–Trinajstić information content (AvgIpc) is 1.97. The summed E-state index contributed by atoms with van der Waals surface area (Å²) in [5.41, 5.74) is 5.69. The van der Waals surface area contributed by atoms with Crippen molar-refractivity contribution in [3.05, 3.63) is 22.7 Å². The van der Waals surface area contributed by atoms with Crippen LogP contribution in [0.1, 0.15) is 17.3 Å². The molecule has 0 fully saturated rings. The van der Waals surface area contributed by atoms with Gasteiger partial charge in [0.15, 0.2) is 5.78 Å². The minimum atomic E-state index is -0.299. The lowest BCUT2D eigenvalue weighted by atomic mass is 10.1. The molecule has 0 saturated heterocycles. The third kappa shape index (κ3) is 1.36. The fourth-order valence-corrected chi connectivity index (χ4v) is 1.11. The molecule has 0 atom stereocenters. The first-order valence-electron chi connectivity index (χ1n) is 3.32. The van der Waals surface area contributed by atoms with Crippen molar-refractivity contribution in [1.82, 2.24) is 0 Å². The maximum absolute atomic E-state index is 10.9. The number of ketones is 1. The lowest BCUT2D eigenvalue weighted by Crippen LogP contribution is -2.00. The van der Waals surface area contributed by atoms with E-state index < -0.39 is 0 Å². The molecule has 0 heterocycles. The minimum absolute atomic E-state index is 0.0856. The minimum Gasteiger partial charge on any atom is -0.507 e. The molecule has 0 aliphatic rings. The number of Topliss-reactive ketones (excluding diaryl/α,β-unsaturated/α-hetero) is 1. The Morgan fingerprint density at radius 1 is 1.58 bits per heavy atom. The number of phenols is 1. The quantitative estimate of drug-likeness (QED) is 0.518. The van der Waals surface area contributed by atoms with Gasteiger partial charge in [-0.05, 0) is 19.1 Å². The molecule has 0 radical (unpaired) electrons. The smallest absolute Gasteiger partial charge is 0.165 e. The molecule has 1 aromatic rings. The van der Waals surface area contributed by atoms with E-state index in [0.29, 0.717) is 0 Å². The molecule has 0 bridgehead atoms. The lowest BCUT2D eigenvalue weighted by Gasteiger charge is -2.05. The Bertz CT molecular complexity index is 336. The van der Waals surface area contributed by atoms with Gasteiger partial charge < -0.3 is 10.8 Å². The summed E-state index contributed by atoms with van der Waals surface area (Å²) in [7, 11) is 0. The van der Waals surface area contributed by atoms with Gasteiger partial charge >= 0.3 is 0 Å². The molecule has 0 aliphatic carbocycles. The molecule has 0 amide bonds. The summed E-state index contributed by atoms with van der Waals surface area (Å²) < 4.78 is 0. The van der Waals surface area contributed by atoms with E-state index in [1.807, 2.05) is 0 Å². The maximum atomic E-state index is 10.9. The van der Waals surface area contributed by atoms with E-state index in [9.17, 15) is 9.90 Å². The van der Waals surface area contributed by atoms with Crippen LogP contribution in [0.25, 0.3) is 0 Å². The fraction of sp³-hybridized carbons (Fsp3) is 0.125. The van der Waals surface area contributed by atoms with E-state index in [4.69, 9.17) is 17.3 Å². The lowest BCUT2D eigenvalue weighted by molar-refractivity contribution is 0.101. The van der Waals surface area contributed by atoms with Gasteiger partial charge in [0.05, 0.1) is 16.3 Å². The number of halogens is 1. The summed E-state index contributed by atoms with van der Waals surface area (Å²) in [5, 5.41) is 9.50. The molecule has 3 N–H and O–H groups in total. The van der Waals surface area contributed by atoms with E-state index in [1.165, 1.54) is 19.1 Å². The molecule has 12 heavy (non-hydrogen) atoms. The van der Waals surface area contributed by atoms with Gasteiger partial charge in [0.1, 0.15) is 5.75 Å². The van der Waals surface area contributed by atoms with Gasteiger partial charge in [-0.3, -0.25) is 4.79 Å². The number of phenolic OH excluding ortho intramolecular Hbond substituents is 1. The average molecular weight is 186 g/mol. The van der Waals surface area contributed by atoms with Crippen LogP contribution in [0.3, 0.4) is 0 Å². The molecule has 0 unspecified atom stereocenters. The monoisotopic (exact) mass is 185 g/mol. The number of aromatic hydroxyl groups is 1. The highest BCUT2D eigenvalue weighted by Gasteiger charge is 2.12. The number of hydrogen-bond acceptors (Lipinski definition) is 3. The summed E-state index contributed by atoms with van der Waals surface area (Å²) >= 11 is 5.64. The molecule has 0 saturated carbocycles. The summed E-state index contributed by atoms with van der Waals surface area (Å²) in [6.07, 6.45) is 0. The Hall–Kier alpha value is -1.22. The van der Waals surface area contributed by atoms with Crippen LogP contribution in [0.2, 0.25) is 5.02 Å². The first-order chi connectivity index (χ1) is 5.54. The maximum Gasteiger partial charge on any atom is 0.165 e. The SMILES string of the molecule is CC(=O)c1c(O)ccc(Cl)c1N. The van der Waals surface area contributed by atoms with Crippen molar-refractivity contribution >= 4 is 23.1 Å². The van der Waals surface area contributed by atoms with Crippen LogP contribution in [0.4, 0.5) is 5.69 Å². The number of rotatable bonds is 1.